The van der Waals surface area contributed by atoms with Gasteiger partial charge < -0.3 is 10.2 Å². The van der Waals surface area contributed by atoms with Crippen LogP contribution in [0.5, 0.6) is 0 Å². The van der Waals surface area contributed by atoms with Gasteiger partial charge in [0.2, 0.25) is 5.89 Å². The molecular weight excluding hydrogens is 280 g/mol. The molecular formula is C14H11ClN2OS. The minimum atomic E-state index is 0.637. The maximum atomic E-state index is 6.12. The van der Waals surface area contributed by atoms with Gasteiger partial charge in [-0.15, -0.1) is 11.8 Å². The highest BCUT2D eigenvalue weighted by Crippen LogP contribution is 2.31. The van der Waals surface area contributed by atoms with Gasteiger partial charge in [0.05, 0.1) is 10.8 Å². The highest BCUT2D eigenvalue weighted by atomic mass is 35.5. The van der Waals surface area contributed by atoms with Crippen molar-refractivity contribution in [2.75, 3.05) is 5.73 Å². The molecule has 0 fully saturated rings. The van der Waals surface area contributed by atoms with E-state index in [1.165, 1.54) is 0 Å². The minimum absolute atomic E-state index is 0.637. The Balaban J connectivity index is 1.78. The number of hydrogen-bond donors (Lipinski definition) is 1. The molecule has 19 heavy (non-hydrogen) atoms. The summed E-state index contributed by atoms with van der Waals surface area (Å²) in [6.45, 7) is 0. The van der Waals surface area contributed by atoms with Gasteiger partial charge in [0.1, 0.15) is 5.52 Å². The fourth-order valence-electron chi connectivity index (χ4n) is 1.76. The molecule has 0 aliphatic rings. The normalized spacial score (nSPS) is 11.0. The fraction of sp³-hybridized carbons (Fsp3) is 0.0714. The van der Waals surface area contributed by atoms with E-state index in [-0.39, 0.29) is 0 Å². The van der Waals surface area contributed by atoms with E-state index in [4.69, 9.17) is 21.8 Å². The summed E-state index contributed by atoms with van der Waals surface area (Å²) in [6.07, 6.45) is 0. The molecule has 0 aliphatic heterocycles. The molecule has 0 spiro atoms. The van der Waals surface area contributed by atoms with Crippen molar-refractivity contribution in [1.29, 1.82) is 0 Å². The Morgan fingerprint density at radius 1 is 1.21 bits per heavy atom. The van der Waals surface area contributed by atoms with Gasteiger partial charge in [0.25, 0.3) is 0 Å². The first-order chi connectivity index (χ1) is 9.22. The van der Waals surface area contributed by atoms with E-state index in [1.54, 1.807) is 17.8 Å². The number of benzene rings is 2. The molecule has 1 heterocycles. The molecule has 2 aromatic carbocycles. The third-order valence-corrected chi connectivity index (χ3v) is 4.13. The van der Waals surface area contributed by atoms with Crippen LogP contribution < -0.4 is 5.73 Å². The number of aromatic nitrogens is 1. The summed E-state index contributed by atoms with van der Waals surface area (Å²) in [4.78, 5) is 5.39. The summed E-state index contributed by atoms with van der Waals surface area (Å²) in [5.41, 5.74) is 8.01. The fourth-order valence-corrected chi connectivity index (χ4v) is 2.87. The zero-order valence-electron chi connectivity index (χ0n) is 9.97. The average molecular weight is 291 g/mol. The van der Waals surface area contributed by atoms with Crippen LogP contribution >= 0.6 is 23.4 Å². The van der Waals surface area contributed by atoms with Crippen molar-refractivity contribution in [3.8, 4) is 0 Å². The first kappa shape index (κ1) is 12.4. The van der Waals surface area contributed by atoms with Gasteiger partial charge in [-0.1, -0.05) is 23.7 Å². The summed E-state index contributed by atoms with van der Waals surface area (Å²) in [6, 6.07) is 13.2. The number of nitrogens with two attached hydrogens (primary N) is 1. The number of rotatable bonds is 3. The molecule has 5 heteroatoms. The largest absolute Gasteiger partial charge is 0.440 e. The van der Waals surface area contributed by atoms with Crippen LogP contribution in [-0.4, -0.2) is 4.98 Å². The van der Waals surface area contributed by atoms with Crippen molar-refractivity contribution in [2.45, 2.75) is 10.6 Å². The molecule has 0 saturated carbocycles. The van der Waals surface area contributed by atoms with E-state index in [0.717, 1.165) is 16.0 Å². The van der Waals surface area contributed by atoms with Gasteiger partial charge in [-0.05, 0) is 30.3 Å². The Morgan fingerprint density at radius 3 is 2.84 bits per heavy atom. The van der Waals surface area contributed by atoms with Gasteiger partial charge >= 0.3 is 0 Å². The van der Waals surface area contributed by atoms with Gasteiger partial charge in [0.15, 0.2) is 5.58 Å². The molecule has 1 aromatic heterocycles. The first-order valence-electron chi connectivity index (χ1n) is 5.74. The maximum Gasteiger partial charge on any atom is 0.205 e. The predicted octanol–water partition coefficient (Wildman–Crippen LogP) is 4.36. The standard InChI is InChI=1S/C14H11ClN2OS/c15-10-7-9(16)5-6-13(10)19-8-14-17-11-3-1-2-4-12(11)18-14/h1-7H,8,16H2. The molecule has 3 aromatic rings. The Labute approximate surface area is 119 Å². The van der Waals surface area contributed by atoms with Crippen molar-refractivity contribution < 1.29 is 4.42 Å². The summed E-state index contributed by atoms with van der Waals surface area (Å²) in [5, 5.41) is 0.654. The molecule has 2 N–H and O–H groups in total. The Kier molecular flexibility index (Phi) is 3.36. The number of anilines is 1. The van der Waals surface area contributed by atoms with E-state index in [9.17, 15) is 0 Å². The Bertz CT molecular complexity index is 693. The summed E-state index contributed by atoms with van der Waals surface area (Å²) in [5.74, 6) is 1.33. The van der Waals surface area contributed by atoms with Gasteiger partial charge in [-0.3, -0.25) is 0 Å². The second-order valence-corrected chi connectivity index (χ2v) is 5.48. The van der Waals surface area contributed by atoms with Crippen LogP contribution in [0.4, 0.5) is 5.69 Å². The van der Waals surface area contributed by atoms with Crippen molar-refractivity contribution in [2.24, 2.45) is 0 Å². The molecule has 0 aliphatic carbocycles. The zero-order chi connectivity index (χ0) is 13.2. The smallest absolute Gasteiger partial charge is 0.205 e. The van der Waals surface area contributed by atoms with E-state index < -0.39 is 0 Å². The van der Waals surface area contributed by atoms with Crippen molar-refractivity contribution >= 4 is 40.1 Å². The molecule has 0 radical (unpaired) electrons. The van der Waals surface area contributed by atoms with E-state index >= 15 is 0 Å². The number of thioether (sulfide) groups is 1. The monoisotopic (exact) mass is 290 g/mol. The Hall–Kier alpha value is -1.65. The third kappa shape index (κ3) is 2.69. The number of nitrogen functional groups attached to an aromatic ring is 1. The van der Waals surface area contributed by atoms with Crippen LogP contribution in [0.25, 0.3) is 11.1 Å². The summed E-state index contributed by atoms with van der Waals surface area (Å²) < 4.78 is 5.65. The third-order valence-electron chi connectivity index (χ3n) is 2.65. The number of hydrogen-bond acceptors (Lipinski definition) is 4. The van der Waals surface area contributed by atoms with Gasteiger partial charge in [-0.2, -0.15) is 0 Å². The SMILES string of the molecule is Nc1ccc(SCc2nc3ccccc3o2)c(Cl)c1. The average Bonchev–Trinajstić information content (AvgIpc) is 2.80. The lowest BCUT2D eigenvalue weighted by atomic mass is 10.3. The second-order valence-electron chi connectivity index (χ2n) is 4.05. The van der Waals surface area contributed by atoms with Crippen LogP contribution in [0.2, 0.25) is 5.02 Å². The minimum Gasteiger partial charge on any atom is -0.440 e. The van der Waals surface area contributed by atoms with E-state index in [0.29, 0.717) is 22.4 Å². The molecule has 0 atom stereocenters. The topological polar surface area (TPSA) is 52.0 Å². The lowest BCUT2D eigenvalue weighted by Gasteiger charge is -2.02. The summed E-state index contributed by atoms with van der Waals surface area (Å²) >= 11 is 7.70. The molecule has 3 rings (SSSR count). The van der Waals surface area contributed by atoms with Crippen LogP contribution in [0, 0.1) is 0 Å². The zero-order valence-corrected chi connectivity index (χ0v) is 11.5. The van der Waals surface area contributed by atoms with E-state index in [1.807, 2.05) is 36.4 Å². The molecule has 0 saturated heterocycles. The lowest BCUT2D eigenvalue weighted by molar-refractivity contribution is 0.556. The molecule has 96 valence electrons. The molecule has 0 amide bonds. The van der Waals surface area contributed by atoms with Gasteiger partial charge in [0, 0.05) is 10.6 Å². The van der Waals surface area contributed by atoms with Crippen LogP contribution in [0.15, 0.2) is 51.8 Å². The molecule has 3 nitrogen and oxygen atoms in total. The number of halogens is 1. The lowest BCUT2D eigenvalue weighted by Crippen LogP contribution is -1.85. The van der Waals surface area contributed by atoms with Gasteiger partial charge in [-0.25, -0.2) is 4.98 Å². The maximum absolute atomic E-state index is 6.12. The number of fused-ring (bicyclic) bond motifs is 1. The second kappa shape index (κ2) is 5.15. The van der Waals surface area contributed by atoms with E-state index in [2.05, 4.69) is 4.98 Å². The van der Waals surface area contributed by atoms with Crippen LogP contribution in [-0.2, 0) is 5.75 Å². The van der Waals surface area contributed by atoms with Crippen LogP contribution in [0.3, 0.4) is 0 Å². The highest BCUT2D eigenvalue weighted by molar-refractivity contribution is 7.98. The molecule has 0 unspecified atom stereocenters. The first-order valence-corrected chi connectivity index (χ1v) is 7.11. The quantitative estimate of drug-likeness (QED) is 0.575. The molecule has 0 bridgehead atoms. The van der Waals surface area contributed by atoms with Crippen molar-refractivity contribution in [1.82, 2.24) is 4.98 Å². The number of nitrogens with zero attached hydrogens (tertiary/aromatic N) is 1. The summed E-state index contributed by atoms with van der Waals surface area (Å²) in [7, 11) is 0. The highest BCUT2D eigenvalue weighted by Gasteiger charge is 2.07. The van der Waals surface area contributed by atoms with Crippen molar-refractivity contribution in [3.05, 3.63) is 53.4 Å². The van der Waals surface area contributed by atoms with Crippen molar-refractivity contribution in [3.63, 3.8) is 0 Å². The number of para-hydroxylation sites is 2. The number of oxazole rings is 1. The predicted molar refractivity (Wildman–Crippen MR) is 79.4 cm³/mol. The Morgan fingerprint density at radius 2 is 2.05 bits per heavy atom. The van der Waals surface area contributed by atoms with Crippen LogP contribution in [0.1, 0.15) is 5.89 Å².